The van der Waals surface area contributed by atoms with Gasteiger partial charge in [-0.1, -0.05) is 19.9 Å². The van der Waals surface area contributed by atoms with E-state index in [9.17, 15) is 22.4 Å². The molecule has 0 heterocycles. The van der Waals surface area contributed by atoms with Crippen molar-refractivity contribution in [1.82, 2.24) is 9.21 Å². The second-order valence-corrected chi connectivity index (χ2v) is 8.74. The second-order valence-electron chi connectivity index (χ2n) is 6.83. The number of likely N-dealkylation sites (N-methyl/N-ethyl adjacent to an activating group) is 1. The molecule has 32 heavy (non-hydrogen) atoms. The van der Waals surface area contributed by atoms with Crippen LogP contribution in [0.2, 0.25) is 0 Å². The van der Waals surface area contributed by atoms with Crippen LogP contribution in [0.1, 0.15) is 31.1 Å². The zero-order valence-electron chi connectivity index (χ0n) is 18.6. The lowest BCUT2D eigenvalue weighted by Crippen LogP contribution is -2.38. The lowest BCUT2D eigenvalue weighted by molar-refractivity contribution is -0.116. The first kappa shape index (κ1) is 25.3. The summed E-state index contributed by atoms with van der Waals surface area (Å²) in [5.74, 6) is -1.39. The van der Waals surface area contributed by atoms with Gasteiger partial charge in [-0.3, -0.25) is 9.59 Å². The van der Waals surface area contributed by atoms with Crippen molar-refractivity contribution in [2.24, 2.45) is 0 Å². The molecule has 10 heteroatoms. The van der Waals surface area contributed by atoms with Gasteiger partial charge >= 0.3 is 0 Å². The maximum Gasteiger partial charge on any atom is 0.254 e. The number of hydrogen-bond acceptors (Lipinski definition) is 5. The molecule has 0 fully saturated rings. The van der Waals surface area contributed by atoms with E-state index in [1.165, 1.54) is 18.1 Å². The van der Waals surface area contributed by atoms with Crippen LogP contribution in [-0.2, 0) is 14.8 Å². The molecule has 0 bridgehead atoms. The summed E-state index contributed by atoms with van der Waals surface area (Å²) in [6, 6.07) is 9.95. The third kappa shape index (κ3) is 5.83. The molecule has 0 unspecified atom stereocenters. The molecular formula is C22H28FN3O5S. The topological polar surface area (TPSA) is 96.0 Å². The van der Waals surface area contributed by atoms with E-state index in [0.29, 0.717) is 11.4 Å². The van der Waals surface area contributed by atoms with E-state index in [4.69, 9.17) is 4.74 Å². The Kier molecular flexibility index (Phi) is 8.73. The number of amides is 2. The molecule has 0 aliphatic rings. The number of halogens is 1. The van der Waals surface area contributed by atoms with E-state index in [-0.39, 0.29) is 31.7 Å². The predicted octanol–water partition coefficient (Wildman–Crippen LogP) is 2.97. The standard InChI is InChI=1S/C22H28FN3O5S/c1-5-25(15-21(27)24-17-9-8-10-18(14-17)31-4)22(28)16-11-12-19(23)20(13-16)32(29,30)26(6-2)7-3/h8-14H,5-7,15H2,1-4H3,(H,24,27). The third-order valence-electron chi connectivity index (χ3n) is 4.86. The molecule has 0 radical (unpaired) electrons. The van der Waals surface area contributed by atoms with Crippen molar-refractivity contribution >= 4 is 27.5 Å². The number of sulfonamides is 1. The Hall–Kier alpha value is -2.98. The molecule has 1 N–H and O–H groups in total. The summed E-state index contributed by atoms with van der Waals surface area (Å²) in [7, 11) is -2.58. The van der Waals surface area contributed by atoms with Crippen molar-refractivity contribution in [2.75, 3.05) is 38.6 Å². The number of benzene rings is 2. The minimum absolute atomic E-state index is 0.0202. The maximum absolute atomic E-state index is 14.4. The minimum atomic E-state index is -4.09. The summed E-state index contributed by atoms with van der Waals surface area (Å²) in [5.41, 5.74) is 0.486. The SMILES string of the molecule is CCN(CC(=O)Nc1cccc(OC)c1)C(=O)c1ccc(F)c(S(=O)(=O)N(CC)CC)c1. The molecule has 0 atom stereocenters. The molecule has 8 nitrogen and oxygen atoms in total. The van der Waals surface area contributed by atoms with Crippen molar-refractivity contribution in [3.8, 4) is 5.75 Å². The molecule has 2 amide bonds. The van der Waals surface area contributed by atoms with E-state index >= 15 is 0 Å². The Balaban J connectivity index is 2.23. The van der Waals surface area contributed by atoms with Crippen molar-refractivity contribution in [3.05, 3.63) is 53.8 Å². The van der Waals surface area contributed by atoms with E-state index in [2.05, 4.69) is 5.32 Å². The Labute approximate surface area is 188 Å². The van der Waals surface area contributed by atoms with Gasteiger partial charge in [-0.2, -0.15) is 4.31 Å². The molecule has 2 rings (SSSR count). The highest BCUT2D eigenvalue weighted by Crippen LogP contribution is 2.22. The first-order valence-electron chi connectivity index (χ1n) is 10.2. The first-order valence-corrected chi connectivity index (χ1v) is 11.6. The van der Waals surface area contributed by atoms with Crippen LogP contribution in [0.25, 0.3) is 0 Å². The maximum atomic E-state index is 14.4. The summed E-state index contributed by atoms with van der Waals surface area (Å²) >= 11 is 0. The van der Waals surface area contributed by atoms with E-state index < -0.39 is 32.6 Å². The minimum Gasteiger partial charge on any atom is -0.497 e. The summed E-state index contributed by atoms with van der Waals surface area (Å²) in [6.07, 6.45) is 0. The van der Waals surface area contributed by atoms with Gasteiger partial charge in [0.2, 0.25) is 15.9 Å². The van der Waals surface area contributed by atoms with Gasteiger partial charge in [0, 0.05) is 37.0 Å². The zero-order chi connectivity index (χ0) is 23.9. The van der Waals surface area contributed by atoms with Crippen molar-refractivity contribution in [1.29, 1.82) is 0 Å². The van der Waals surface area contributed by atoms with Crippen LogP contribution in [0.3, 0.4) is 0 Å². The number of hydrogen-bond donors (Lipinski definition) is 1. The molecule has 174 valence electrons. The number of nitrogens with zero attached hydrogens (tertiary/aromatic N) is 2. The van der Waals surface area contributed by atoms with Gasteiger partial charge in [0.1, 0.15) is 23.0 Å². The average Bonchev–Trinajstić information content (AvgIpc) is 2.78. The molecule has 0 aliphatic carbocycles. The number of carbonyl (C=O) groups excluding carboxylic acids is 2. The van der Waals surface area contributed by atoms with Crippen LogP contribution in [0.15, 0.2) is 47.4 Å². The molecule has 2 aromatic carbocycles. The van der Waals surface area contributed by atoms with E-state index in [0.717, 1.165) is 16.4 Å². The molecule has 0 saturated carbocycles. The molecule has 0 spiro atoms. The lowest BCUT2D eigenvalue weighted by atomic mass is 10.2. The summed E-state index contributed by atoms with van der Waals surface area (Å²) in [6.45, 7) is 5.25. The van der Waals surface area contributed by atoms with E-state index in [1.54, 1.807) is 45.0 Å². The van der Waals surface area contributed by atoms with Gasteiger partial charge in [-0.05, 0) is 37.3 Å². The summed E-state index contributed by atoms with van der Waals surface area (Å²) in [5, 5.41) is 2.69. The smallest absolute Gasteiger partial charge is 0.254 e. The number of rotatable bonds is 10. The Morgan fingerprint density at radius 3 is 2.31 bits per heavy atom. The molecule has 2 aromatic rings. The van der Waals surface area contributed by atoms with Crippen LogP contribution in [-0.4, -0.2) is 62.7 Å². The largest absolute Gasteiger partial charge is 0.497 e. The number of anilines is 1. The van der Waals surface area contributed by atoms with Gasteiger partial charge in [-0.15, -0.1) is 0 Å². The fraction of sp³-hybridized carbons (Fsp3) is 0.364. The van der Waals surface area contributed by atoms with Gasteiger partial charge in [0.05, 0.1) is 7.11 Å². The number of ether oxygens (including phenoxy) is 1. The lowest BCUT2D eigenvalue weighted by Gasteiger charge is -2.22. The average molecular weight is 466 g/mol. The second kappa shape index (κ2) is 11.1. The van der Waals surface area contributed by atoms with Crippen molar-refractivity contribution in [3.63, 3.8) is 0 Å². The van der Waals surface area contributed by atoms with Crippen LogP contribution >= 0.6 is 0 Å². The normalized spacial score (nSPS) is 11.3. The number of methoxy groups -OCH3 is 1. The highest BCUT2D eigenvalue weighted by molar-refractivity contribution is 7.89. The van der Waals surface area contributed by atoms with Crippen molar-refractivity contribution < 1.29 is 27.1 Å². The van der Waals surface area contributed by atoms with Gasteiger partial charge in [-0.25, -0.2) is 12.8 Å². The number of carbonyl (C=O) groups is 2. The van der Waals surface area contributed by atoms with Gasteiger partial charge in [0.15, 0.2) is 0 Å². The van der Waals surface area contributed by atoms with Gasteiger partial charge < -0.3 is 15.0 Å². The quantitative estimate of drug-likeness (QED) is 0.582. The van der Waals surface area contributed by atoms with Crippen LogP contribution in [0, 0.1) is 5.82 Å². The van der Waals surface area contributed by atoms with Crippen LogP contribution in [0.4, 0.5) is 10.1 Å². The first-order chi connectivity index (χ1) is 15.2. The highest BCUT2D eigenvalue weighted by Gasteiger charge is 2.27. The van der Waals surface area contributed by atoms with E-state index in [1.807, 2.05) is 0 Å². The fourth-order valence-corrected chi connectivity index (χ4v) is 4.67. The molecule has 0 aromatic heterocycles. The molecule has 0 saturated heterocycles. The zero-order valence-corrected chi connectivity index (χ0v) is 19.4. The molecule has 0 aliphatic heterocycles. The monoisotopic (exact) mass is 465 g/mol. The summed E-state index contributed by atoms with van der Waals surface area (Å²) in [4.78, 5) is 26.1. The van der Waals surface area contributed by atoms with Crippen LogP contribution in [0.5, 0.6) is 5.75 Å². The predicted molar refractivity (Wildman–Crippen MR) is 120 cm³/mol. The van der Waals surface area contributed by atoms with Crippen LogP contribution < -0.4 is 10.1 Å². The van der Waals surface area contributed by atoms with Crippen molar-refractivity contribution in [2.45, 2.75) is 25.7 Å². The Morgan fingerprint density at radius 1 is 1.03 bits per heavy atom. The number of nitrogens with one attached hydrogen (secondary N) is 1. The fourth-order valence-electron chi connectivity index (χ4n) is 3.12. The summed E-state index contributed by atoms with van der Waals surface area (Å²) < 4.78 is 46.1. The molecular weight excluding hydrogens is 437 g/mol. The third-order valence-corrected chi connectivity index (χ3v) is 6.92. The van der Waals surface area contributed by atoms with Gasteiger partial charge in [0.25, 0.3) is 5.91 Å². The Bertz CT molecular complexity index is 1070. The highest BCUT2D eigenvalue weighted by atomic mass is 32.2. The Morgan fingerprint density at radius 2 is 1.72 bits per heavy atom.